The van der Waals surface area contributed by atoms with Gasteiger partial charge in [0.2, 0.25) is 11.7 Å². The minimum absolute atomic E-state index is 0.245. The molecule has 0 aliphatic rings. The van der Waals surface area contributed by atoms with Gasteiger partial charge in [-0.05, 0) is 50.8 Å². The van der Waals surface area contributed by atoms with Crippen molar-refractivity contribution < 1.29 is 9.32 Å². The highest BCUT2D eigenvalue weighted by Gasteiger charge is 2.16. The summed E-state index contributed by atoms with van der Waals surface area (Å²) in [6.45, 7) is 5.39. The second kappa shape index (κ2) is 9.15. The van der Waals surface area contributed by atoms with E-state index in [0.29, 0.717) is 28.5 Å². The first-order valence-electron chi connectivity index (χ1n) is 11.3. The predicted octanol–water partition coefficient (Wildman–Crippen LogP) is 3.68. The van der Waals surface area contributed by atoms with Crippen LogP contribution in [0.5, 0.6) is 0 Å². The van der Waals surface area contributed by atoms with Gasteiger partial charge in [-0.3, -0.25) is 9.48 Å². The van der Waals surface area contributed by atoms with Crippen LogP contribution in [0.15, 0.2) is 59.5 Å². The van der Waals surface area contributed by atoms with E-state index in [1.165, 1.54) is 0 Å². The van der Waals surface area contributed by atoms with Crippen LogP contribution in [0.25, 0.3) is 28.2 Å². The maximum Gasteiger partial charge on any atom is 0.259 e. The van der Waals surface area contributed by atoms with Crippen molar-refractivity contribution in [3.8, 4) is 22.6 Å². The molecule has 0 saturated heterocycles. The first-order chi connectivity index (χ1) is 16.9. The molecule has 178 valence electrons. The molecule has 4 heterocycles. The van der Waals surface area contributed by atoms with Crippen LogP contribution in [-0.2, 0) is 6.54 Å². The number of anilines is 1. The average Bonchev–Trinajstić information content (AvgIpc) is 3.58. The number of fused-ring (bicyclic) bond motifs is 1. The van der Waals surface area contributed by atoms with Gasteiger partial charge >= 0.3 is 0 Å². The second-order valence-electron chi connectivity index (χ2n) is 8.69. The lowest BCUT2D eigenvalue weighted by Gasteiger charge is -2.09. The summed E-state index contributed by atoms with van der Waals surface area (Å²) in [7, 11) is 4.08. The van der Waals surface area contributed by atoms with Gasteiger partial charge in [-0.2, -0.15) is 15.2 Å². The Kier molecular flexibility index (Phi) is 5.87. The summed E-state index contributed by atoms with van der Waals surface area (Å²) in [6.07, 6.45) is 5.43. The fraction of sp³-hybridized carbons (Fsp3) is 0.240. The summed E-state index contributed by atoms with van der Waals surface area (Å²) in [6, 6.07) is 11.5. The van der Waals surface area contributed by atoms with Crippen molar-refractivity contribution in [2.45, 2.75) is 20.4 Å². The first kappa shape index (κ1) is 22.5. The lowest BCUT2D eigenvalue weighted by Crippen LogP contribution is -2.18. The molecule has 1 aromatic carbocycles. The van der Waals surface area contributed by atoms with E-state index < -0.39 is 0 Å². The number of likely N-dealkylation sites (N-methyl/N-ethyl adjacent to an activating group) is 1. The molecule has 4 aromatic heterocycles. The van der Waals surface area contributed by atoms with Gasteiger partial charge in [0.25, 0.3) is 5.91 Å². The minimum Gasteiger partial charge on any atom is -0.339 e. The van der Waals surface area contributed by atoms with Crippen LogP contribution in [0.3, 0.4) is 0 Å². The van der Waals surface area contributed by atoms with Gasteiger partial charge in [-0.15, -0.1) is 0 Å². The first-order valence-corrected chi connectivity index (χ1v) is 11.3. The highest BCUT2D eigenvalue weighted by Crippen LogP contribution is 2.25. The van der Waals surface area contributed by atoms with Crippen LogP contribution in [0, 0.1) is 13.8 Å². The molecule has 0 atom stereocenters. The fourth-order valence-electron chi connectivity index (χ4n) is 3.76. The number of nitrogens with zero attached hydrogens (tertiary/aromatic N) is 7. The number of hydrogen-bond acceptors (Lipinski definition) is 7. The van der Waals surface area contributed by atoms with E-state index in [1.807, 2.05) is 74.5 Å². The third-order valence-corrected chi connectivity index (χ3v) is 5.75. The Hall–Kier alpha value is -4.31. The van der Waals surface area contributed by atoms with Gasteiger partial charge in [0.05, 0.1) is 29.5 Å². The number of carbonyl (C=O) groups is 1. The Bertz CT molecular complexity index is 1510. The molecule has 0 bridgehead atoms. The van der Waals surface area contributed by atoms with Crippen molar-refractivity contribution in [1.82, 2.24) is 34.4 Å². The summed E-state index contributed by atoms with van der Waals surface area (Å²) in [5, 5.41) is 16.0. The van der Waals surface area contributed by atoms with Crippen LogP contribution in [-0.4, -0.2) is 61.0 Å². The van der Waals surface area contributed by atoms with E-state index in [0.717, 1.165) is 35.5 Å². The highest BCUT2D eigenvalue weighted by molar-refractivity contribution is 6.09. The van der Waals surface area contributed by atoms with Crippen molar-refractivity contribution in [1.29, 1.82) is 0 Å². The van der Waals surface area contributed by atoms with E-state index in [4.69, 9.17) is 4.52 Å². The lowest BCUT2D eigenvalue weighted by molar-refractivity contribution is 0.102. The molecule has 0 aliphatic carbocycles. The summed E-state index contributed by atoms with van der Waals surface area (Å²) < 4.78 is 8.70. The number of hydrogen-bond donors (Lipinski definition) is 1. The van der Waals surface area contributed by atoms with Gasteiger partial charge in [0, 0.05) is 42.7 Å². The quantitative estimate of drug-likeness (QED) is 0.387. The van der Waals surface area contributed by atoms with Crippen molar-refractivity contribution in [3.63, 3.8) is 0 Å². The van der Waals surface area contributed by atoms with E-state index in [9.17, 15) is 4.79 Å². The molecule has 1 N–H and O–H groups in total. The molecule has 0 fully saturated rings. The molecule has 5 aromatic rings. The van der Waals surface area contributed by atoms with Crippen LogP contribution >= 0.6 is 0 Å². The zero-order valence-corrected chi connectivity index (χ0v) is 20.1. The molecular weight excluding hydrogens is 444 g/mol. The minimum atomic E-state index is -0.245. The number of benzene rings is 1. The monoisotopic (exact) mass is 470 g/mol. The van der Waals surface area contributed by atoms with E-state index in [1.54, 1.807) is 17.6 Å². The molecule has 0 spiro atoms. The zero-order chi connectivity index (χ0) is 24.5. The summed E-state index contributed by atoms with van der Waals surface area (Å²) in [4.78, 5) is 19.5. The number of rotatable bonds is 7. The topological polar surface area (TPSA) is 106 Å². The standard InChI is InChI=1S/C25H26N8O2/c1-16-5-6-18(24-27-17(2)35-30-24)13-22(16)28-25(34)20-14-26-33-15-19(7-8-23(20)33)21-9-10-32(29-21)12-11-31(3)4/h5-10,13-15H,11-12H2,1-4H3,(H,28,34). The summed E-state index contributed by atoms with van der Waals surface area (Å²) >= 11 is 0. The maximum atomic E-state index is 13.1. The zero-order valence-electron chi connectivity index (χ0n) is 20.1. The second-order valence-corrected chi connectivity index (χ2v) is 8.69. The highest BCUT2D eigenvalue weighted by atomic mass is 16.5. The SMILES string of the molecule is Cc1nc(-c2ccc(C)c(NC(=O)c3cnn4cc(-c5ccn(CCN(C)C)n5)ccc34)c2)no1. The van der Waals surface area contributed by atoms with E-state index in [-0.39, 0.29) is 5.91 Å². The Morgan fingerprint density at radius 2 is 1.94 bits per heavy atom. The molecule has 5 rings (SSSR count). The number of carbonyl (C=O) groups excluding carboxylic acids is 1. The number of amides is 1. The van der Waals surface area contributed by atoms with Crippen LogP contribution in [0.2, 0.25) is 0 Å². The molecule has 0 saturated carbocycles. The molecule has 35 heavy (non-hydrogen) atoms. The van der Waals surface area contributed by atoms with Crippen LogP contribution in [0.1, 0.15) is 21.8 Å². The van der Waals surface area contributed by atoms with Crippen molar-refractivity contribution in [2.24, 2.45) is 0 Å². The molecular formula is C25H26N8O2. The third-order valence-electron chi connectivity index (χ3n) is 5.75. The molecule has 0 unspecified atom stereocenters. The van der Waals surface area contributed by atoms with Crippen molar-refractivity contribution in [2.75, 3.05) is 26.0 Å². The maximum absolute atomic E-state index is 13.1. The van der Waals surface area contributed by atoms with Gasteiger partial charge < -0.3 is 14.7 Å². The molecule has 1 amide bonds. The molecule has 0 radical (unpaired) electrons. The van der Waals surface area contributed by atoms with Crippen LogP contribution in [0.4, 0.5) is 5.69 Å². The van der Waals surface area contributed by atoms with Gasteiger partial charge in [0.1, 0.15) is 0 Å². The Balaban J connectivity index is 1.37. The molecule has 10 heteroatoms. The van der Waals surface area contributed by atoms with Gasteiger partial charge in [-0.1, -0.05) is 17.3 Å². The lowest BCUT2D eigenvalue weighted by atomic mass is 10.1. The smallest absolute Gasteiger partial charge is 0.259 e. The van der Waals surface area contributed by atoms with Gasteiger partial charge in [0.15, 0.2) is 0 Å². The van der Waals surface area contributed by atoms with Crippen LogP contribution < -0.4 is 5.32 Å². The van der Waals surface area contributed by atoms with Crippen molar-refractivity contribution >= 4 is 17.1 Å². The molecule has 0 aliphatic heterocycles. The van der Waals surface area contributed by atoms with Crippen molar-refractivity contribution in [3.05, 3.63) is 72.0 Å². The third kappa shape index (κ3) is 4.69. The largest absolute Gasteiger partial charge is 0.339 e. The Morgan fingerprint density at radius 3 is 2.71 bits per heavy atom. The summed E-state index contributed by atoms with van der Waals surface area (Å²) in [5.41, 5.74) is 5.33. The predicted molar refractivity (Wildman–Crippen MR) is 132 cm³/mol. The van der Waals surface area contributed by atoms with E-state index >= 15 is 0 Å². The fourth-order valence-corrected chi connectivity index (χ4v) is 3.76. The normalized spacial score (nSPS) is 11.5. The Labute approximate surface area is 202 Å². The molecule has 10 nitrogen and oxygen atoms in total. The number of nitrogens with one attached hydrogen (secondary N) is 1. The summed E-state index contributed by atoms with van der Waals surface area (Å²) in [5.74, 6) is 0.716. The van der Waals surface area contributed by atoms with Gasteiger partial charge in [-0.25, -0.2) is 4.52 Å². The number of aryl methyl sites for hydroxylation is 2. The Morgan fingerprint density at radius 1 is 1.11 bits per heavy atom. The average molecular weight is 471 g/mol. The number of aromatic nitrogens is 6. The number of pyridine rings is 1. The van der Waals surface area contributed by atoms with E-state index in [2.05, 4.69) is 30.6 Å².